The van der Waals surface area contributed by atoms with Crippen LogP contribution in [0.2, 0.25) is 0 Å². The Hall–Kier alpha value is -2.08. The Morgan fingerprint density at radius 1 is 1.26 bits per heavy atom. The van der Waals surface area contributed by atoms with E-state index in [1.165, 1.54) is 12.1 Å². The maximum absolute atomic E-state index is 12.5. The van der Waals surface area contributed by atoms with E-state index in [9.17, 15) is 19.8 Å². The molecular formula is C17H25N2O4+. The highest BCUT2D eigenvalue weighted by Gasteiger charge is 2.71. The highest BCUT2D eigenvalue weighted by molar-refractivity contribution is 5.85. The van der Waals surface area contributed by atoms with E-state index in [1.807, 2.05) is 20.8 Å². The van der Waals surface area contributed by atoms with Gasteiger partial charge in [0.25, 0.3) is 5.91 Å². The molecule has 1 saturated heterocycles. The third-order valence-electron chi connectivity index (χ3n) is 5.32. The molecule has 2 rings (SSSR count). The number of benzene rings is 1. The van der Waals surface area contributed by atoms with Crippen molar-refractivity contribution in [3.05, 3.63) is 29.8 Å². The fourth-order valence-corrected chi connectivity index (χ4v) is 4.35. The minimum atomic E-state index is -1.20. The number of aromatic hydroxyl groups is 1. The molecule has 0 aliphatic carbocycles. The Kier molecular flexibility index (Phi) is 3.93. The van der Waals surface area contributed by atoms with Gasteiger partial charge < -0.3 is 15.9 Å². The van der Waals surface area contributed by atoms with Crippen molar-refractivity contribution in [1.29, 1.82) is 0 Å². The molecule has 0 spiro atoms. The number of nitrogens with two attached hydrogens (primary N) is 1. The summed E-state index contributed by atoms with van der Waals surface area (Å²) in [6, 6.07) is 6.09. The van der Waals surface area contributed by atoms with E-state index in [0.717, 1.165) is 5.56 Å². The van der Waals surface area contributed by atoms with Gasteiger partial charge in [0.15, 0.2) is 5.54 Å². The van der Waals surface area contributed by atoms with Crippen LogP contribution in [0.25, 0.3) is 0 Å². The van der Waals surface area contributed by atoms with Crippen molar-refractivity contribution >= 4 is 12.0 Å². The first-order chi connectivity index (χ1) is 10.5. The fraction of sp³-hybridized carbons (Fsp3) is 0.529. The van der Waals surface area contributed by atoms with Gasteiger partial charge in [0, 0.05) is 25.3 Å². The van der Waals surface area contributed by atoms with Gasteiger partial charge in [0.1, 0.15) is 17.3 Å². The second-order valence-electron chi connectivity index (χ2n) is 7.46. The zero-order chi connectivity index (χ0) is 17.6. The van der Waals surface area contributed by atoms with Crippen LogP contribution in [-0.4, -0.2) is 37.8 Å². The number of quaternary nitrogens is 1. The van der Waals surface area contributed by atoms with Crippen LogP contribution in [0.1, 0.15) is 52.1 Å². The number of hydrogen-bond acceptors (Lipinski definition) is 3. The standard InChI is InChI=1S/C17H24N2O4/c1-16(2,3)19(15(22)23)13(9-10-17(19,4)14(18)21)11-5-7-12(20)8-6-11/h5-8,13H,9-10H2,1-4H3,(H3-,18,20,21,22,23)/p+1/t13-,17+,19?/m1/s1. The summed E-state index contributed by atoms with van der Waals surface area (Å²) in [6.07, 6.45) is -0.125. The van der Waals surface area contributed by atoms with Crippen LogP contribution in [0.5, 0.6) is 5.75 Å². The van der Waals surface area contributed by atoms with Gasteiger partial charge >= 0.3 is 6.09 Å². The van der Waals surface area contributed by atoms with Gasteiger partial charge in [-0.25, -0.2) is 0 Å². The van der Waals surface area contributed by atoms with Crippen LogP contribution in [0.15, 0.2) is 24.3 Å². The number of primary amides is 1. The highest BCUT2D eigenvalue weighted by atomic mass is 16.4. The summed E-state index contributed by atoms with van der Waals surface area (Å²) in [5.41, 5.74) is 4.49. The third-order valence-corrected chi connectivity index (χ3v) is 5.32. The molecule has 1 aliphatic heterocycles. The fourth-order valence-electron chi connectivity index (χ4n) is 4.35. The first-order valence-electron chi connectivity index (χ1n) is 7.70. The Labute approximate surface area is 136 Å². The summed E-state index contributed by atoms with van der Waals surface area (Å²) in [5.74, 6) is -0.482. The van der Waals surface area contributed by atoms with Gasteiger partial charge in [-0.2, -0.15) is 9.28 Å². The number of nitrogens with zero attached hydrogens (tertiary/aromatic N) is 1. The van der Waals surface area contributed by atoms with Crippen LogP contribution >= 0.6 is 0 Å². The Morgan fingerprint density at radius 3 is 2.17 bits per heavy atom. The third kappa shape index (κ3) is 2.20. The van der Waals surface area contributed by atoms with E-state index in [0.29, 0.717) is 12.8 Å². The van der Waals surface area contributed by atoms with Gasteiger partial charge in [-0.05, 0) is 45.0 Å². The number of carbonyl (C=O) groups excluding carboxylic acids is 1. The quantitative estimate of drug-likeness (QED) is 0.729. The molecule has 1 unspecified atom stereocenters. The molecule has 6 nitrogen and oxygen atoms in total. The Morgan fingerprint density at radius 2 is 1.78 bits per heavy atom. The van der Waals surface area contributed by atoms with E-state index in [4.69, 9.17) is 5.73 Å². The first-order valence-corrected chi connectivity index (χ1v) is 7.70. The molecule has 1 fully saturated rings. The van der Waals surface area contributed by atoms with Crippen molar-refractivity contribution in [3.8, 4) is 5.75 Å². The predicted molar refractivity (Wildman–Crippen MR) is 85.7 cm³/mol. The zero-order valence-corrected chi connectivity index (χ0v) is 14.0. The van der Waals surface area contributed by atoms with Gasteiger partial charge in [-0.15, -0.1) is 0 Å². The maximum atomic E-state index is 12.5. The highest BCUT2D eigenvalue weighted by Crippen LogP contribution is 2.55. The van der Waals surface area contributed by atoms with Crippen LogP contribution in [0.4, 0.5) is 4.79 Å². The van der Waals surface area contributed by atoms with E-state index >= 15 is 0 Å². The number of amides is 2. The molecule has 1 aromatic carbocycles. The molecular weight excluding hydrogens is 296 g/mol. The summed E-state index contributed by atoms with van der Waals surface area (Å²) in [4.78, 5) is 24.7. The smallest absolute Gasteiger partial charge is 0.508 e. The molecule has 0 saturated carbocycles. The second kappa shape index (κ2) is 5.23. The Bertz CT molecular complexity index is 635. The topological polar surface area (TPSA) is 101 Å². The second-order valence-corrected chi connectivity index (χ2v) is 7.46. The molecule has 23 heavy (non-hydrogen) atoms. The molecule has 1 heterocycles. The number of phenolic OH excluding ortho intramolecular Hbond substituents is 1. The average molecular weight is 321 g/mol. The number of carbonyl (C=O) groups is 2. The number of likely N-dealkylation sites (tertiary alicyclic amines) is 1. The van der Waals surface area contributed by atoms with Crippen LogP contribution in [0, 0.1) is 0 Å². The van der Waals surface area contributed by atoms with Crippen molar-refractivity contribution in [2.24, 2.45) is 5.73 Å². The number of rotatable bonds is 2. The lowest BCUT2D eigenvalue weighted by molar-refractivity contribution is -0.954. The predicted octanol–water partition coefficient (Wildman–Crippen LogP) is 2.76. The van der Waals surface area contributed by atoms with E-state index in [1.54, 1.807) is 19.1 Å². The number of carboxylic acid groups (broad SMARTS) is 1. The molecule has 0 aromatic heterocycles. The summed E-state index contributed by atoms with van der Waals surface area (Å²) in [6.45, 7) is 7.11. The van der Waals surface area contributed by atoms with E-state index in [-0.39, 0.29) is 5.75 Å². The summed E-state index contributed by atoms with van der Waals surface area (Å²) < 4.78 is -0.444. The minimum absolute atomic E-state index is 0.119. The van der Waals surface area contributed by atoms with Gasteiger partial charge in [-0.3, -0.25) is 4.79 Å². The summed E-state index contributed by atoms with van der Waals surface area (Å²) >= 11 is 0. The number of hydrogen-bond donors (Lipinski definition) is 3. The van der Waals surface area contributed by atoms with E-state index < -0.39 is 33.6 Å². The van der Waals surface area contributed by atoms with Crippen molar-refractivity contribution in [2.45, 2.75) is 57.7 Å². The van der Waals surface area contributed by atoms with Gasteiger partial charge in [-0.1, -0.05) is 0 Å². The first kappa shape index (κ1) is 17.3. The lowest BCUT2D eigenvalue weighted by atomic mass is 9.87. The Balaban J connectivity index is 2.74. The molecule has 6 heteroatoms. The molecule has 4 N–H and O–H groups in total. The molecule has 126 valence electrons. The van der Waals surface area contributed by atoms with Crippen molar-refractivity contribution in [2.75, 3.05) is 0 Å². The van der Waals surface area contributed by atoms with Gasteiger partial charge in [0.2, 0.25) is 0 Å². The maximum Gasteiger partial charge on any atom is 0.515 e. The molecule has 0 radical (unpaired) electrons. The normalized spacial score (nSPS) is 31.0. The van der Waals surface area contributed by atoms with Crippen LogP contribution in [-0.2, 0) is 4.79 Å². The summed E-state index contributed by atoms with van der Waals surface area (Å²) in [5, 5.41) is 19.7. The monoisotopic (exact) mass is 321 g/mol. The average Bonchev–Trinajstić information content (AvgIpc) is 2.75. The SMILES string of the molecule is CC(C)(C)[N+]1(C(=O)O)[C@@H](c2ccc(O)cc2)CC[C@@]1(C)C(N)=O. The molecule has 2 amide bonds. The lowest BCUT2D eigenvalue weighted by Crippen LogP contribution is -2.74. The molecule has 0 bridgehead atoms. The van der Waals surface area contributed by atoms with Crippen molar-refractivity contribution < 1.29 is 24.3 Å². The van der Waals surface area contributed by atoms with Crippen LogP contribution < -0.4 is 5.73 Å². The van der Waals surface area contributed by atoms with Gasteiger partial charge in [0.05, 0.1) is 0 Å². The van der Waals surface area contributed by atoms with Crippen LogP contribution in [0.3, 0.4) is 0 Å². The lowest BCUT2D eigenvalue weighted by Gasteiger charge is -2.52. The summed E-state index contributed by atoms with van der Waals surface area (Å²) in [7, 11) is 0. The molecule has 3 atom stereocenters. The van der Waals surface area contributed by atoms with E-state index in [2.05, 4.69) is 0 Å². The van der Waals surface area contributed by atoms with Crippen molar-refractivity contribution in [3.63, 3.8) is 0 Å². The zero-order valence-electron chi connectivity index (χ0n) is 14.0. The number of phenols is 1. The largest absolute Gasteiger partial charge is 0.515 e. The molecule has 1 aliphatic rings. The van der Waals surface area contributed by atoms with Crippen molar-refractivity contribution in [1.82, 2.24) is 0 Å². The molecule has 1 aromatic rings. The minimum Gasteiger partial charge on any atom is -0.508 e.